The van der Waals surface area contributed by atoms with E-state index in [1.807, 2.05) is 33.8 Å². The van der Waals surface area contributed by atoms with E-state index in [1.54, 1.807) is 12.1 Å². The fourth-order valence-electron chi connectivity index (χ4n) is 1.88. The third kappa shape index (κ3) is 4.21. The topological polar surface area (TPSA) is 76.4 Å². The maximum Gasteiger partial charge on any atom is 0.319 e. The van der Waals surface area contributed by atoms with Gasteiger partial charge in [0.05, 0.1) is 6.61 Å². The molecule has 1 aromatic carbocycles. The summed E-state index contributed by atoms with van der Waals surface area (Å²) in [4.78, 5) is 16.2. The number of hydrogen-bond donors (Lipinski definition) is 2. The monoisotopic (exact) mass is 305 g/mol. The molecule has 1 heterocycles. The van der Waals surface area contributed by atoms with Gasteiger partial charge in [-0.15, -0.1) is 0 Å². The van der Waals surface area contributed by atoms with Crippen LogP contribution in [0.25, 0.3) is 11.1 Å². The number of oxazole rings is 1. The lowest BCUT2D eigenvalue weighted by Gasteiger charge is -2.11. The van der Waals surface area contributed by atoms with E-state index >= 15 is 0 Å². The van der Waals surface area contributed by atoms with Gasteiger partial charge in [0.15, 0.2) is 5.58 Å². The fourth-order valence-corrected chi connectivity index (χ4v) is 1.88. The summed E-state index contributed by atoms with van der Waals surface area (Å²) in [5.41, 5.74) is 1.97. The lowest BCUT2D eigenvalue weighted by Crippen LogP contribution is -2.31. The van der Waals surface area contributed by atoms with Crippen LogP contribution in [0.1, 0.15) is 33.6 Å². The van der Waals surface area contributed by atoms with Crippen molar-refractivity contribution in [1.29, 1.82) is 0 Å². The average Bonchev–Trinajstić information content (AvgIpc) is 2.87. The minimum atomic E-state index is -0.265. The quantitative estimate of drug-likeness (QED) is 0.831. The maximum absolute atomic E-state index is 11.8. The zero-order valence-electron chi connectivity index (χ0n) is 13.5. The minimum Gasteiger partial charge on any atom is -0.440 e. The molecule has 0 spiro atoms. The van der Waals surface area contributed by atoms with E-state index in [-0.39, 0.29) is 11.4 Å². The molecule has 22 heavy (non-hydrogen) atoms. The van der Waals surface area contributed by atoms with Gasteiger partial charge < -0.3 is 19.8 Å². The van der Waals surface area contributed by atoms with E-state index in [9.17, 15) is 4.79 Å². The first-order chi connectivity index (χ1) is 10.4. The van der Waals surface area contributed by atoms with E-state index in [1.165, 1.54) is 0 Å². The highest BCUT2D eigenvalue weighted by molar-refractivity contribution is 5.91. The molecule has 120 valence electrons. The largest absolute Gasteiger partial charge is 0.440 e. The van der Waals surface area contributed by atoms with Crippen LogP contribution >= 0.6 is 0 Å². The maximum atomic E-state index is 11.8. The number of ether oxygens (including phenoxy) is 1. The van der Waals surface area contributed by atoms with E-state index in [0.29, 0.717) is 36.9 Å². The van der Waals surface area contributed by atoms with Gasteiger partial charge in [0.2, 0.25) is 5.89 Å². The molecular formula is C16H23N3O3. The van der Waals surface area contributed by atoms with E-state index in [0.717, 1.165) is 5.52 Å². The molecular weight excluding hydrogens is 282 g/mol. The van der Waals surface area contributed by atoms with Crippen LogP contribution in [0.15, 0.2) is 22.6 Å². The number of benzene rings is 1. The van der Waals surface area contributed by atoms with Gasteiger partial charge in [0, 0.05) is 24.3 Å². The Morgan fingerprint density at radius 3 is 2.82 bits per heavy atom. The van der Waals surface area contributed by atoms with Gasteiger partial charge >= 0.3 is 6.03 Å². The van der Waals surface area contributed by atoms with Crippen molar-refractivity contribution in [3.63, 3.8) is 0 Å². The van der Waals surface area contributed by atoms with Crippen molar-refractivity contribution in [2.75, 3.05) is 25.1 Å². The molecule has 6 nitrogen and oxygen atoms in total. The number of hydrogen-bond acceptors (Lipinski definition) is 4. The molecule has 0 aliphatic rings. The van der Waals surface area contributed by atoms with Gasteiger partial charge in [0.25, 0.3) is 0 Å². The number of nitrogens with one attached hydrogen (secondary N) is 2. The van der Waals surface area contributed by atoms with E-state index in [4.69, 9.17) is 9.15 Å². The standard InChI is InChI=1S/C16H23N3O3/c1-5-21-9-8-17-15(20)18-11-6-7-13-12(10-11)19-14(22-13)16(2,3)4/h6-7,10H,5,8-9H2,1-4H3,(H2,17,18,20). The zero-order chi connectivity index (χ0) is 16.2. The van der Waals surface area contributed by atoms with Crippen LogP contribution in [0.3, 0.4) is 0 Å². The van der Waals surface area contributed by atoms with Gasteiger partial charge in [-0.3, -0.25) is 0 Å². The Morgan fingerprint density at radius 2 is 2.14 bits per heavy atom. The minimum absolute atomic E-state index is 0.150. The van der Waals surface area contributed by atoms with Crippen molar-refractivity contribution < 1.29 is 13.9 Å². The number of fused-ring (bicyclic) bond motifs is 1. The normalized spacial score (nSPS) is 11.6. The summed E-state index contributed by atoms with van der Waals surface area (Å²) >= 11 is 0. The van der Waals surface area contributed by atoms with E-state index in [2.05, 4.69) is 15.6 Å². The first kappa shape index (κ1) is 16.3. The van der Waals surface area contributed by atoms with Crippen molar-refractivity contribution in [3.05, 3.63) is 24.1 Å². The van der Waals surface area contributed by atoms with Crippen molar-refractivity contribution >= 4 is 22.8 Å². The van der Waals surface area contributed by atoms with Crippen LogP contribution < -0.4 is 10.6 Å². The first-order valence-electron chi connectivity index (χ1n) is 7.44. The molecule has 0 radical (unpaired) electrons. The van der Waals surface area contributed by atoms with E-state index < -0.39 is 0 Å². The molecule has 2 amide bonds. The molecule has 0 aliphatic heterocycles. The summed E-state index contributed by atoms with van der Waals surface area (Å²) in [6.07, 6.45) is 0. The Labute approximate surface area is 130 Å². The smallest absolute Gasteiger partial charge is 0.319 e. The SMILES string of the molecule is CCOCCNC(=O)Nc1ccc2oc(C(C)(C)C)nc2c1. The number of carbonyl (C=O) groups is 1. The van der Waals surface area contributed by atoms with Gasteiger partial charge in [-0.1, -0.05) is 20.8 Å². The number of urea groups is 1. The highest BCUT2D eigenvalue weighted by Gasteiger charge is 2.21. The molecule has 0 bridgehead atoms. The predicted molar refractivity (Wildman–Crippen MR) is 86.2 cm³/mol. The molecule has 6 heteroatoms. The molecule has 2 rings (SSSR count). The van der Waals surface area contributed by atoms with Crippen molar-refractivity contribution in [1.82, 2.24) is 10.3 Å². The predicted octanol–water partition coefficient (Wildman–Crippen LogP) is 3.28. The molecule has 0 fully saturated rings. The molecule has 1 aromatic heterocycles. The van der Waals surface area contributed by atoms with Crippen molar-refractivity contribution in [2.24, 2.45) is 0 Å². The van der Waals surface area contributed by atoms with Gasteiger partial charge in [-0.25, -0.2) is 9.78 Å². The van der Waals surface area contributed by atoms with Crippen molar-refractivity contribution in [3.8, 4) is 0 Å². The molecule has 2 N–H and O–H groups in total. The van der Waals surface area contributed by atoms with Gasteiger partial charge in [-0.05, 0) is 25.1 Å². The number of nitrogens with zero attached hydrogens (tertiary/aromatic N) is 1. The third-order valence-electron chi connectivity index (χ3n) is 3.02. The lowest BCUT2D eigenvalue weighted by atomic mass is 9.97. The van der Waals surface area contributed by atoms with Crippen LogP contribution in [0.4, 0.5) is 10.5 Å². The Bertz CT molecular complexity index is 644. The first-order valence-corrected chi connectivity index (χ1v) is 7.44. The molecule has 0 unspecified atom stereocenters. The lowest BCUT2D eigenvalue weighted by molar-refractivity contribution is 0.150. The average molecular weight is 305 g/mol. The summed E-state index contributed by atoms with van der Waals surface area (Å²) < 4.78 is 10.9. The number of rotatable bonds is 5. The summed E-state index contributed by atoms with van der Waals surface area (Å²) in [7, 11) is 0. The fraction of sp³-hybridized carbons (Fsp3) is 0.500. The Kier molecular flexibility index (Phi) is 5.03. The second-order valence-corrected chi connectivity index (χ2v) is 6.03. The van der Waals surface area contributed by atoms with Crippen LogP contribution in [-0.2, 0) is 10.2 Å². The van der Waals surface area contributed by atoms with Gasteiger partial charge in [0.1, 0.15) is 5.52 Å². The molecule has 0 atom stereocenters. The van der Waals surface area contributed by atoms with Crippen LogP contribution in [0.5, 0.6) is 0 Å². The van der Waals surface area contributed by atoms with Crippen LogP contribution in [0.2, 0.25) is 0 Å². The molecule has 0 aliphatic carbocycles. The highest BCUT2D eigenvalue weighted by Crippen LogP contribution is 2.27. The number of anilines is 1. The number of carbonyl (C=O) groups excluding carboxylic acids is 1. The van der Waals surface area contributed by atoms with Crippen LogP contribution in [-0.4, -0.2) is 30.8 Å². The second kappa shape index (κ2) is 6.79. The zero-order valence-corrected chi connectivity index (χ0v) is 13.5. The summed E-state index contributed by atoms with van der Waals surface area (Å²) in [6.45, 7) is 9.66. The summed E-state index contributed by atoms with van der Waals surface area (Å²) in [5, 5.41) is 5.50. The number of amides is 2. The summed E-state index contributed by atoms with van der Waals surface area (Å²) in [5.74, 6) is 0.681. The summed E-state index contributed by atoms with van der Waals surface area (Å²) in [6, 6.07) is 5.14. The Hall–Kier alpha value is -2.08. The molecule has 2 aromatic rings. The number of aromatic nitrogens is 1. The Balaban J connectivity index is 2.02. The molecule has 0 saturated heterocycles. The molecule has 0 saturated carbocycles. The Morgan fingerprint density at radius 1 is 1.36 bits per heavy atom. The van der Waals surface area contributed by atoms with Crippen molar-refractivity contribution in [2.45, 2.75) is 33.1 Å². The van der Waals surface area contributed by atoms with Crippen LogP contribution in [0, 0.1) is 0 Å². The van der Waals surface area contributed by atoms with Gasteiger partial charge in [-0.2, -0.15) is 0 Å². The third-order valence-corrected chi connectivity index (χ3v) is 3.02. The highest BCUT2D eigenvalue weighted by atomic mass is 16.5. The second-order valence-electron chi connectivity index (χ2n) is 6.03.